The van der Waals surface area contributed by atoms with Gasteiger partial charge in [-0.15, -0.1) is 0 Å². The van der Waals surface area contributed by atoms with Crippen LogP contribution in [0.25, 0.3) is 0 Å². The lowest BCUT2D eigenvalue weighted by Gasteiger charge is -2.34. The maximum atomic E-state index is 13.7. The molecular weight excluding hydrogens is 343 g/mol. The zero-order chi connectivity index (χ0) is 17.8. The Labute approximate surface area is 151 Å². The van der Waals surface area contributed by atoms with E-state index >= 15 is 0 Å². The maximum absolute atomic E-state index is 13.7. The molecule has 2 aromatic rings. The van der Waals surface area contributed by atoms with E-state index in [0.717, 1.165) is 5.56 Å². The highest BCUT2D eigenvalue weighted by Crippen LogP contribution is 2.26. The molecule has 0 spiro atoms. The van der Waals surface area contributed by atoms with Crippen molar-refractivity contribution in [2.45, 2.75) is 13.0 Å². The quantitative estimate of drug-likeness (QED) is 0.899. The topological polar surface area (TPSA) is 41.6 Å². The van der Waals surface area contributed by atoms with Crippen LogP contribution in [-0.2, 0) is 9.53 Å². The Balaban J connectivity index is 1.90. The summed E-state index contributed by atoms with van der Waals surface area (Å²) in [4.78, 5) is 15.0. The van der Waals surface area contributed by atoms with E-state index in [1.54, 1.807) is 24.3 Å². The first-order chi connectivity index (χ1) is 12.0. The van der Waals surface area contributed by atoms with Crippen LogP contribution >= 0.6 is 11.6 Å². The van der Waals surface area contributed by atoms with Crippen LogP contribution in [-0.4, -0.2) is 37.1 Å². The number of hydrogen-bond donors (Lipinski definition) is 1. The number of carbonyl (C=O) groups is 1. The molecule has 1 saturated heterocycles. The molecule has 1 atom stereocenters. The molecule has 132 valence electrons. The number of nitrogens with one attached hydrogen (secondary N) is 1. The van der Waals surface area contributed by atoms with Gasteiger partial charge in [-0.2, -0.15) is 0 Å². The second-order valence-electron chi connectivity index (χ2n) is 6.05. The van der Waals surface area contributed by atoms with Gasteiger partial charge in [-0.05, 0) is 42.3 Å². The molecule has 6 heteroatoms. The van der Waals surface area contributed by atoms with Gasteiger partial charge < -0.3 is 10.1 Å². The molecule has 1 heterocycles. The molecule has 1 fully saturated rings. The van der Waals surface area contributed by atoms with Crippen LogP contribution in [0.3, 0.4) is 0 Å². The average molecular weight is 363 g/mol. The first-order valence-corrected chi connectivity index (χ1v) is 8.56. The fourth-order valence-corrected chi connectivity index (χ4v) is 3.14. The van der Waals surface area contributed by atoms with E-state index in [4.69, 9.17) is 16.3 Å². The van der Waals surface area contributed by atoms with Gasteiger partial charge in [0, 0.05) is 23.8 Å². The standard InChI is InChI=1S/C19H20ClFN2O2/c1-13-5-6-15(20)12-17(13)22-19(24)18(23-7-9-25-10-8-23)14-3-2-4-16(21)11-14/h2-6,11-12,18H,7-10H2,1H3,(H,22,24)/t18-/m0/s1. The highest BCUT2D eigenvalue weighted by molar-refractivity contribution is 6.31. The molecule has 3 rings (SSSR count). The Hall–Kier alpha value is -1.95. The Bertz CT molecular complexity index is 763. The van der Waals surface area contributed by atoms with Crippen molar-refractivity contribution in [3.63, 3.8) is 0 Å². The molecule has 0 unspecified atom stereocenters. The molecule has 1 N–H and O–H groups in total. The van der Waals surface area contributed by atoms with Gasteiger partial charge in [0.05, 0.1) is 13.2 Å². The summed E-state index contributed by atoms with van der Waals surface area (Å²) < 4.78 is 19.1. The number of nitrogens with zero attached hydrogens (tertiary/aromatic N) is 1. The van der Waals surface area contributed by atoms with Crippen LogP contribution in [0.1, 0.15) is 17.2 Å². The number of hydrogen-bond acceptors (Lipinski definition) is 3. The number of benzene rings is 2. The number of rotatable bonds is 4. The zero-order valence-corrected chi connectivity index (χ0v) is 14.7. The molecule has 0 radical (unpaired) electrons. The van der Waals surface area contributed by atoms with Crippen molar-refractivity contribution in [1.29, 1.82) is 0 Å². The first-order valence-electron chi connectivity index (χ1n) is 8.19. The maximum Gasteiger partial charge on any atom is 0.246 e. The van der Waals surface area contributed by atoms with E-state index in [2.05, 4.69) is 5.32 Å². The van der Waals surface area contributed by atoms with Crippen molar-refractivity contribution >= 4 is 23.2 Å². The summed E-state index contributed by atoms with van der Waals surface area (Å²) >= 11 is 6.04. The van der Waals surface area contributed by atoms with Crippen LogP contribution in [0, 0.1) is 12.7 Å². The summed E-state index contributed by atoms with van der Waals surface area (Å²) in [7, 11) is 0. The second-order valence-corrected chi connectivity index (χ2v) is 6.49. The van der Waals surface area contributed by atoms with Crippen LogP contribution in [0.4, 0.5) is 10.1 Å². The molecule has 25 heavy (non-hydrogen) atoms. The van der Waals surface area contributed by atoms with Crippen molar-refractivity contribution in [3.8, 4) is 0 Å². The van der Waals surface area contributed by atoms with Gasteiger partial charge in [-0.1, -0.05) is 29.8 Å². The van der Waals surface area contributed by atoms with E-state index in [1.165, 1.54) is 12.1 Å². The van der Waals surface area contributed by atoms with Crippen molar-refractivity contribution in [3.05, 3.63) is 64.4 Å². The number of halogens is 2. The number of ether oxygens (including phenoxy) is 1. The highest BCUT2D eigenvalue weighted by Gasteiger charge is 2.29. The number of amides is 1. The third-order valence-corrected chi connectivity index (χ3v) is 4.52. The number of aryl methyl sites for hydroxylation is 1. The third kappa shape index (κ3) is 4.37. The molecule has 0 bridgehead atoms. The second kappa shape index (κ2) is 7.95. The van der Waals surface area contributed by atoms with Crippen molar-refractivity contribution in [2.24, 2.45) is 0 Å². The molecule has 1 aliphatic rings. The molecule has 4 nitrogen and oxygen atoms in total. The van der Waals surface area contributed by atoms with Gasteiger partial charge >= 0.3 is 0 Å². The molecule has 1 aliphatic heterocycles. The summed E-state index contributed by atoms with van der Waals surface area (Å²) in [6, 6.07) is 10.9. The first kappa shape index (κ1) is 17.9. The van der Waals surface area contributed by atoms with Crippen molar-refractivity contribution in [2.75, 3.05) is 31.6 Å². The lowest BCUT2D eigenvalue weighted by molar-refractivity contribution is -0.123. The summed E-state index contributed by atoms with van der Waals surface area (Å²) in [5.74, 6) is -0.569. The Kier molecular flexibility index (Phi) is 5.68. The Morgan fingerprint density at radius 1 is 1.24 bits per heavy atom. The highest BCUT2D eigenvalue weighted by atomic mass is 35.5. The molecular formula is C19H20ClFN2O2. The van der Waals surface area contributed by atoms with Gasteiger partial charge in [0.2, 0.25) is 5.91 Å². The number of carbonyl (C=O) groups excluding carboxylic acids is 1. The minimum Gasteiger partial charge on any atom is -0.379 e. The van der Waals surface area contributed by atoms with Crippen LogP contribution in [0.2, 0.25) is 5.02 Å². The zero-order valence-electron chi connectivity index (χ0n) is 14.0. The number of anilines is 1. The van der Waals surface area contributed by atoms with Gasteiger partial charge in [0.15, 0.2) is 0 Å². The van der Waals surface area contributed by atoms with E-state index in [9.17, 15) is 9.18 Å². The molecule has 0 saturated carbocycles. The lowest BCUT2D eigenvalue weighted by atomic mass is 10.0. The molecule has 2 aromatic carbocycles. The molecule has 0 aromatic heterocycles. The summed E-state index contributed by atoms with van der Waals surface area (Å²) in [6.45, 7) is 4.23. The third-order valence-electron chi connectivity index (χ3n) is 4.28. The van der Waals surface area contributed by atoms with Gasteiger partial charge in [0.1, 0.15) is 11.9 Å². The van der Waals surface area contributed by atoms with Gasteiger partial charge in [-0.25, -0.2) is 4.39 Å². The summed E-state index contributed by atoms with van der Waals surface area (Å²) in [6.07, 6.45) is 0. The van der Waals surface area contributed by atoms with Crippen molar-refractivity contribution in [1.82, 2.24) is 4.90 Å². The SMILES string of the molecule is Cc1ccc(Cl)cc1NC(=O)[C@H](c1cccc(F)c1)N1CCOCC1. The monoisotopic (exact) mass is 362 g/mol. The summed E-state index contributed by atoms with van der Waals surface area (Å²) in [5.41, 5.74) is 2.20. The van der Waals surface area contributed by atoms with Gasteiger partial charge in [-0.3, -0.25) is 9.69 Å². The molecule has 0 aliphatic carbocycles. The van der Waals surface area contributed by atoms with E-state index in [0.29, 0.717) is 42.6 Å². The van der Waals surface area contributed by atoms with Crippen molar-refractivity contribution < 1.29 is 13.9 Å². The largest absolute Gasteiger partial charge is 0.379 e. The summed E-state index contributed by atoms with van der Waals surface area (Å²) in [5, 5.41) is 3.49. The predicted octanol–water partition coefficient (Wildman–Crippen LogP) is 3.80. The Morgan fingerprint density at radius 2 is 2.00 bits per heavy atom. The Morgan fingerprint density at radius 3 is 2.72 bits per heavy atom. The van der Waals surface area contributed by atoms with E-state index in [-0.39, 0.29) is 11.7 Å². The lowest BCUT2D eigenvalue weighted by Crippen LogP contribution is -2.44. The normalized spacial score (nSPS) is 16.4. The number of morpholine rings is 1. The predicted molar refractivity (Wildman–Crippen MR) is 96.4 cm³/mol. The average Bonchev–Trinajstić information content (AvgIpc) is 2.59. The van der Waals surface area contributed by atoms with Crippen LogP contribution < -0.4 is 5.32 Å². The van der Waals surface area contributed by atoms with E-state index in [1.807, 2.05) is 17.9 Å². The fourth-order valence-electron chi connectivity index (χ4n) is 2.97. The fraction of sp³-hybridized carbons (Fsp3) is 0.316. The van der Waals surface area contributed by atoms with Crippen LogP contribution in [0.15, 0.2) is 42.5 Å². The smallest absolute Gasteiger partial charge is 0.246 e. The minimum absolute atomic E-state index is 0.210. The van der Waals surface area contributed by atoms with Gasteiger partial charge in [0.25, 0.3) is 0 Å². The van der Waals surface area contributed by atoms with E-state index < -0.39 is 6.04 Å². The molecule has 1 amide bonds. The minimum atomic E-state index is -0.585. The van der Waals surface area contributed by atoms with Crippen LogP contribution in [0.5, 0.6) is 0 Å².